The summed E-state index contributed by atoms with van der Waals surface area (Å²) in [7, 11) is 0. The molecule has 90 valence electrons. The van der Waals surface area contributed by atoms with Crippen LogP contribution < -0.4 is 5.32 Å². The number of rotatable bonds is 5. The van der Waals surface area contributed by atoms with Crippen molar-refractivity contribution < 1.29 is 9.90 Å². The summed E-state index contributed by atoms with van der Waals surface area (Å²) < 4.78 is 0. The standard InChI is InChI=1S/C12H20N2O2/c13-10-12(6-2-1-3-7-12)11(16)14-8-4-5-9-15/h15H,1-9H2,(H,14,16). The van der Waals surface area contributed by atoms with E-state index < -0.39 is 5.41 Å². The number of unbranched alkanes of at least 4 members (excludes halogenated alkanes) is 1. The maximum absolute atomic E-state index is 11.9. The number of amides is 1. The van der Waals surface area contributed by atoms with Crippen LogP contribution in [0.5, 0.6) is 0 Å². The molecule has 0 aromatic heterocycles. The monoisotopic (exact) mass is 224 g/mol. The summed E-state index contributed by atoms with van der Waals surface area (Å²) in [5.41, 5.74) is -0.780. The number of carbonyl (C=O) groups excluding carboxylic acids is 1. The average Bonchev–Trinajstić information content (AvgIpc) is 2.35. The molecule has 0 heterocycles. The summed E-state index contributed by atoms with van der Waals surface area (Å²) in [5.74, 6) is -0.118. The number of hydrogen-bond donors (Lipinski definition) is 2. The summed E-state index contributed by atoms with van der Waals surface area (Å²) in [4.78, 5) is 11.9. The lowest BCUT2D eigenvalue weighted by Crippen LogP contribution is -2.41. The Morgan fingerprint density at radius 2 is 2.00 bits per heavy atom. The Balaban J connectivity index is 2.40. The van der Waals surface area contributed by atoms with Crippen LogP contribution in [0.3, 0.4) is 0 Å². The third-order valence-corrected chi connectivity index (χ3v) is 3.23. The minimum Gasteiger partial charge on any atom is -0.396 e. The number of nitriles is 1. The largest absolute Gasteiger partial charge is 0.396 e. The zero-order chi connectivity index (χ0) is 11.9. The van der Waals surface area contributed by atoms with Gasteiger partial charge in [-0.3, -0.25) is 4.79 Å². The number of aliphatic hydroxyl groups is 1. The van der Waals surface area contributed by atoms with Crippen molar-refractivity contribution in [3.8, 4) is 6.07 Å². The van der Waals surface area contributed by atoms with Crippen molar-refractivity contribution in [1.82, 2.24) is 5.32 Å². The van der Waals surface area contributed by atoms with Crippen LogP contribution in [0.1, 0.15) is 44.9 Å². The molecule has 1 fully saturated rings. The highest BCUT2D eigenvalue weighted by molar-refractivity contribution is 5.85. The van der Waals surface area contributed by atoms with Gasteiger partial charge in [-0.15, -0.1) is 0 Å². The van der Waals surface area contributed by atoms with Gasteiger partial charge in [0.05, 0.1) is 6.07 Å². The van der Waals surface area contributed by atoms with Gasteiger partial charge in [0.15, 0.2) is 0 Å². The zero-order valence-electron chi connectivity index (χ0n) is 9.67. The Bertz CT molecular complexity index is 265. The van der Waals surface area contributed by atoms with Crippen molar-refractivity contribution in [2.45, 2.75) is 44.9 Å². The molecule has 2 N–H and O–H groups in total. The van der Waals surface area contributed by atoms with E-state index in [1.54, 1.807) is 0 Å². The van der Waals surface area contributed by atoms with Crippen molar-refractivity contribution in [3.63, 3.8) is 0 Å². The molecule has 1 aliphatic rings. The van der Waals surface area contributed by atoms with E-state index in [9.17, 15) is 4.79 Å². The molecule has 0 bridgehead atoms. The van der Waals surface area contributed by atoms with Gasteiger partial charge in [-0.2, -0.15) is 5.26 Å². The predicted molar refractivity (Wildman–Crippen MR) is 60.5 cm³/mol. The van der Waals surface area contributed by atoms with Crippen LogP contribution in [0.2, 0.25) is 0 Å². The third-order valence-electron chi connectivity index (χ3n) is 3.23. The second-order valence-electron chi connectivity index (χ2n) is 4.44. The van der Waals surface area contributed by atoms with E-state index in [1.807, 2.05) is 0 Å². The number of nitrogens with one attached hydrogen (secondary N) is 1. The second kappa shape index (κ2) is 6.49. The molecule has 0 aromatic rings. The van der Waals surface area contributed by atoms with Crippen LogP contribution in [-0.4, -0.2) is 24.2 Å². The highest BCUT2D eigenvalue weighted by atomic mass is 16.2. The maximum atomic E-state index is 11.9. The first-order chi connectivity index (χ1) is 7.75. The van der Waals surface area contributed by atoms with Gasteiger partial charge >= 0.3 is 0 Å². The maximum Gasteiger partial charge on any atom is 0.240 e. The quantitative estimate of drug-likeness (QED) is 0.692. The molecule has 4 heteroatoms. The van der Waals surface area contributed by atoms with E-state index in [4.69, 9.17) is 10.4 Å². The molecule has 0 aliphatic heterocycles. The fraction of sp³-hybridized carbons (Fsp3) is 0.833. The van der Waals surface area contributed by atoms with E-state index in [-0.39, 0.29) is 12.5 Å². The van der Waals surface area contributed by atoms with Gasteiger partial charge in [-0.1, -0.05) is 19.3 Å². The molecule has 0 radical (unpaired) electrons. The number of aliphatic hydroxyl groups excluding tert-OH is 1. The van der Waals surface area contributed by atoms with Gasteiger partial charge in [0, 0.05) is 13.2 Å². The molecular formula is C12H20N2O2. The van der Waals surface area contributed by atoms with Crippen molar-refractivity contribution in [1.29, 1.82) is 5.26 Å². The Kier molecular flexibility index (Phi) is 5.27. The molecule has 0 atom stereocenters. The summed E-state index contributed by atoms with van der Waals surface area (Å²) >= 11 is 0. The first kappa shape index (κ1) is 13.0. The molecule has 0 saturated heterocycles. The van der Waals surface area contributed by atoms with Crippen LogP contribution in [0, 0.1) is 16.7 Å². The van der Waals surface area contributed by atoms with Crippen LogP contribution in [0.4, 0.5) is 0 Å². The second-order valence-corrected chi connectivity index (χ2v) is 4.44. The average molecular weight is 224 g/mol. The third kappa shape index (κ3) is 3.21. The molecule has 0 unspecified atom stereocenters. The molecular weight excluding hydrogens is 204 g/mol. The summed E-state index contributed by atoms with van der Waals surface area (Å²) in [6.45, 7) is 0.710. The Morgan fingerprint density at radius 3 is 2.56 bits per heavy atom. The number of hydrogen-bond acceptors (Lipinski definition) is 3. The normalized spacial score (nSPS) is 18.8. The van der Waals surface area contributed by atoms with Gasteiger partial charge in [0.2, 0.25) is 5.91 Å². The van der Waals surface area contributed by atoms with Crippen LogP contribution in [0.15, 0.2) is 0 Å². The van der Waals surface area contributed by atoms with Crippen LogP contribution >= 0.6 is 0 Å². The molecule has 16 heavy (non-hydrogen) atoms. The predicted octanol–water partition coefficient (Wildman–Crippen LogP) is 1.35. The minimum absolute atomic E-state index is 0.118. The highest BCUT2D eigenvalue weighted by Crippen LogP contribution is 2.35. The zero-order valence-corrected chi connectivity index (χ0v) is 9.67. The number of nitrogens with zero attached hydrogens (tertiary/aromatic N) is 1. The van der Waals surface area contributed by atoms with Crippen molar-refractivity contribution >= 4 is 5.91 Å². The SMILES string of the molecule is N#CC1(C(=O)NCCCCO)CCCCC1. The Hall–Kier alpha value is -1.08. The molecule has 1 saturated carbocycles. The van der Waals surface area contributed by atoms with Crippen molar-refractivity contribution in [2.24, 2.45) is 5.41 Å². The molecule has 4 nitrogen and oxygen atoms in total. The van der Waals surface area contributed by atoms with E-state index in [0.717, 1.165) is 25.7 Å². The molecule has 0 aromatic carbocycles. The lowest BCUT2D eigenvalue weighted by molar-refractivity contribution is -0.129. The van der Waals surface area contributed by atoms with E-state index in [2.05, 4.69) is 11.4 Å². The first-order valence-electron chi connectivity index (χ1n) is 6.05. The van der Waals surface area contributed by atoms with Gasteiger partial charge in [-0.05, 0) is 25.7 Å². The minimum atomic E-state index is -0.780. The smallest absolute Gasteiger partial charge is 0.240 e. The molecule has 1 aliphatic carbocycles. The lowest BCUT2D eigenvalue weighted by atomic mass is 9.74. The molecule has 1 amide bonds. The summed E-state index contributed by atoms with van der Waals surface area (Å²) in [6, 6.07) is 2.20. The van der Waals surface area contributed by atoms with Gasteiger partial charge in [-0.25, -0.2) is 0 Å². The number of carbonyl (C=O) groups is 1. The first-order valence-corrected chi connectivity index (χ1v) is 6.05. The Labute approximate surface area is 96.6 Å². The fourth-order valence-corrected chi connectivity index (χ4v) is 2.15. The lowest BCUT2D eigenvalue weighted by Gasteiger charge is -2.29. The fourth-order valence-electron chi connectivity index (χ4n) is 2.15. The summed E-state index contributed by atoms with van der Waals surface area (Å²) in [5, 5.41) is 20.6. The molecule has 0 spiro atoms. The van der Waals surface area contributed by atoms with Crippen LogP contribution in [-0.2, 0) is 4.79 Å². The van der Waals surface area contributed by atoms with Crippen LogP contribution in [0.25, 0.3) is 0 Å². The van der Waals surface area contributed by atoms with E-state index >= 15 is 0 Å². The van der Waals surface area contributed by atoms with E-state index in [0.29, 0.717) is 25.8 Å². The van der Waals surface area contributed by atoms with Gasteiger partial charge < -0.3 is 10.4 Å². The Morgan fingerprint density at radius 1 is 1.31 bits per heavy atom. The van der Waals surface area contributed by atoms with Gasteiger partial charge in [0.25, 0.3) is 0 Å². The molecule has 1 rings (SSSR count). The van der Waals surface area contributed by atoms with E-state index in [1.165, 1.54) is 0 Å². The van der Waals surface area contributed by atoms with Crippen molar-refractivity contribution in [3.05, 3.63) is 0 Å². The van der Waals surface area contributed by atoms with Gasteiger partial charge in [0.1, 0.15) is 5.41 Å². The summed E-state index contributed by atoms with van der Waals surface area (Å²) in [6.07, 6.45) is 5.91. The topological polar surface area (TPSA) is 73.1 Å². The van der Waals surface area contributed by atoms with Crippen molar-refractivity contribution in [2.75, 3.05) is 13.2 Å². The highest BCUT2D eigenvalue weighted by Gasteiger charge is 2.39.